The lowest BCUT2D eigenvalue weighted by atomic mass is 10.0. The molecule has 0 spiro atoms. The molecule has 0 aliphatic rings. The molecule has 0 rings (SSSR count). The SMILES string of the molecule is CCCCCCCCCCCCCCC(=O)CC(=O)C(F)(F)F. The molecule has 136 valence electrons. The van der Waals surface area contributed by atoms with E-state index in [0.29, 0.717) is 6.42 Å². The summed E-state index contributed by atoms with van der Waals surface area (Å²) in [4.78, 5) is 21.9. The summed E-state index contributed by atoms with van der Waals surface area (Å²) in [5.74, 6) is -2.53. The van der Waals surface area contributed by atoms with E-state index < -0.39 is 24.2 Å². The molecule has 5 heteroatoms. The molecule has 0 aromatic carbocycles. The first-order chi connectivity index (χ1) is 10.9. The molecule has 2 nitrogen and oxygen atoms in total. The Morgan fingerprint density at radius 3 is 1.48 bits per heavy atom. The maximum Gasteiger partial charge on any atom is 0.450 e. The van der Waals surface area contributed by atoms with Crippen LogP contribution in [0.5, 0.6) is 0 Å². The van der Waals surface area contributed by atoms with Crippen molar-refractivity contribution in [1.29, 1.82) is 0 Å². The molecule has 0 fully saturated rings. The number of ketones is 2. The predicted octanol–water partition coefficient (Wildman–Crippen LogP) is 6.17. The van der Waals surface area contributed by atoms with Gasteiger partial charge in [0.1, 0.15) is 5.78 Å². The summed E-state index contributed by atoms with van der Waals surface area (Å²) < 4.78 is 36.0. The Morgan fingerprint density at radius 2 is 1.09 bits per heavy atom. The number of halogens is 3. The standard InChI is InChI=1S/C18H31F3O2/c1-2-3-4-5-6-7-8-9-10-11-12-13-14-16(22)15-17(23)18(19,20)21/h2-15H2,1H3. The third-order valence-corrected chi connectivity index (χ3v) is 3.98. The van der Waals surface area contributed by atoms with Crippen molar-refractivity contribution in [2.24, 2.45) is 0 Å². The number of hydrogen-bond donors (Lipinski definition) is 0. The highest BCUT2D eigenvalue weighted by Crippen LogP contribution is 2.19. The van der Waals surface area contributed by atoms with Crippen molar-refractivity contribution in [1.82, 2.24) is 0 Å². The Bertz CT molecular complexity index is 325. The molecular formula is C18H31F3O2. The molecule has 0 heterocycles. The molecule has 0 bridgehead atoms. The van der Waals surface area contributed by atoms with E-state index in [1.807, 2.05) is 0 Å². The fourth-order valence-corrected chi connectivity index (χ4v) is 2.53. The fourth-order valence-electron chi connectivity index (χ4n) is 2.53. The number of Topliss-reactive ketones (excluding diaryl/α,β-unsaturated/α-hetero) is 2. The molecule has 0 aliphatic carbocycles. The minimum absolute atomic E-state index is 0.0826. The van der Waals surface area contributed by atoms with Crippen LogP contribution in [0.25, 0.3) is 0 Å². The number of rotatable bonds is 15. The Kier molecular flexibility index (Phi) is 13.0. The highest BCUT2D eigenvalue weighted by Gasteiger charge is 2.38. The van der Waals surface area contributed by atoms with Gasteiger partial charge in [-0.1, -0.05) is 77.6 Å². The number of carbonyl (C=O) groups excluding carboxylic acids is 2. The molecule has 0 unspecified atom stereocenters. The first-order valence-electron chi connectivity index (χ1n) is 8.99. The van der Waals surface area contributed by atoms with Gasteiger partial charge in [0.05, 0.1) is 6.42 Å². The highest BCUT2D eigenvalue weighted by molar-refractivity contribution is 6.01. The average molecular weight is 336 g/mol. The first-order valence-corrected chi connectivity index (χ1v) is 8.99. The largest absolute Gasteiger partial charge is 0.450 e. The maximum absolute atomic E-state index is 12.0. The Morgan fingerprint density at radius 1 is 0.696 bits per heavy atom. The summed E-state index contributed by atoms with van der Waals surface area (Å²) >= 11 is 0. The lowest BCUT2D eigenvalue weighted by molar-refractivity contribution is -0.171. The van der Waals surface area contributed by atoms with E-state index in [9.17, 15) is 22.8 Å². The molecule has 0 saturated heterocycles. The quantitative estimate of drug-likeness (QED) is 0.265. The lowest BCUT2D eigenvalue weighted by Crippen LogP contribution is -2.25. The van der Waals surface area contributed by atoms with Gasteiger partial charge in [-0.25, -0.2) is 0 Å². The van der Waals surface area contributed by atoms with Crippen LogP contribution in [0.4, 0.5) is 13.2 Å². The summed E-state index contributed by atoms with van der Waals surface area (Å²) in [5.41, 5.74) is 0. The van der Waals surface area contributed by atoms with Crippen LogP contribution in [0.1, 0.15) is 96.8 Å². The van der Waals surface area contributed by atoms with Gasteiger partial charge < -0.3 is 0 Å². The van der Waals surface area contributed by atoms with Gasteiger partial charge in [0.2, 0.25) is 5.78 Å². The van der Waals surface area contributed by atoms with Crippen molar-refractivity contribution < 1.29 is 22.8 Å². The van der Waals surface area contributed by atoms with Gasteiger partial charge in [-0.2, -0.15) is 13.2 Å². The van der Waals surface area contributed by atoms with Gasteiger partial charge in [0, 0.05) is 6.42 Å². The normalized spacial score (nSPS) is 11.7. The van der Waals surface area contributed by atoms with Crippen molar-refractivity contribution >= 4 is 11.6 Å². The van der Waals surface area contributed by atoms with Crippen LogP contribution in [0.15, 0.2) is 0 Å². The summed E-state index contributed by atoms with van der Waals surface area (Å²) in [6, 6.07) is 0. The fraction of sp³-hybridized carbons (Fsp3) is 0.889. The maximum atomic E-state index is 12.0. The summed E-state index contributed by atoms with van der Waals surface area (Å²) in [5, 5.41) is 0. The van der Waals surface area contributed by atoms with Gasteiger partial charge in [-0.3, -0.25) is 9.59 Å². The highest BCUT2D eigenvalue weighted by atomic mass is 19.4. The van der Waals surface area contributed by atoms with E-state index in [4.69, 9.17) is 0 Å². The molecule has 0 aliphatic heterocycles. The van der Waals surface area contributed by atoms with Crippen molar-refractivity contribution in [2.75, 3.05) is 0 Å². The van der Waals surface area contributed by atoms with E-state index in [0.717, 1.165) is 19.3 Å². The van der Waals surface area contributed by atoms with Crippen molar-refractivity contribution in [3.8, 4) is 0 Å². The molecular weight excluding hydrogens is 305 g/mol. The second-order valence-electron chi connectivity index (χ2n) is 6.28. The molecule has 23 heavy (non-hydrogen) atoms. The smallest absolute Gasteiger partial charge is 0.299 e. The van der Waals surface area contributed by atoms with Crippen molar-refractivity contribution in [2.45, 2.75) is 103 Å². The minimum Gasteiger partial charge on any atom is -0.299 e. The van der Waals surface area contributed by atoms with Crippen LogP contribution >= 0.6 is 0 Å². The Balaban J connectivity index is 3.33. The average Bonchev–Trinajstić information content (AvgIpc) is 2.47. The van der Waals surface area contributed by atoms with Crippen LogP contribution in [0.3, 0.4) is 0 Å². The van der Waals surface area contributed by atoms with Gasteiger partial charge >= 0.3 is 6.18 Å². The van der Waals surface area contributed by atoms with Crippen molar-refractivity contribution in [3.05, 3.63) is 0 Å². The van der Waals surface area contributed by atoms with Gasteiger partial charge in [-0.05, 0) is 6.42 Å². The molecule has 0 atom stereocenters. The zero-order valence-corrected chi connectivity index (χ0v) is 14.3. The third kappa shape index (κ3) is 14.5. The first kappa shape index (κ1) is 22.1. The van der Waals surface area contributed by atoms with Crippen LogP contribution in [0.2, 0.25) is 0 Å². The molecule has 0 aromatic rings. The lowest BCUT2D eigenvalue weighted by Gasteiger charge is -2.05. The molecule has 0 saturated carbocycles. The van der Waals surface area contributed by atoms with Gasteiger partial charge in [0.25, 0.3) is 0 Å². The Hall–Kier alpha value is -0.870. The zero-order valence-electron chi connectivity index (χ0n) is 14.3. The Labute approximate surface area is 138 Å². The predicted molar refractivity (Wildman–Crippen MR) is 86.4 cm³/mol. The summed E-state index contributed by atoms with van der Waals surface area (Å²) in [6.07, 6.45) is 8.04. The summed E-state index contributed by atoms with van der Waals surface area (Å²) in [7, 11) is 0. The van der Waals surface area contributed by atoms with E-state index >= 15 is 0 Å². The van der Waals surface area contributed by atoms with E-state index in [2.05, 4.69) is 6.92 Å². The number of alkyl halides is 3. The van der Waals surface area contributed by atoms with Crippen molar-refractivity contribution in [3.63, 3.8) is 0 Å². The molecule has 0 N–H and O–H groups in total. The van der Waals surface area contributed by atoms with E-state index in [-0.39, 0.29) is 6.42 Å². The second-order valence-corrected chi connectivity index (χ2v) is 6.28. The van der Waals surface area contributed by atoms with Gasteiger partial charge in [-0.15, -0.1) is 0 Å². The number of hydrogen-bond acceptors (Lipinski definition) is 2. The molecule has 0 amide bonds. The van der Waals surface area contributed by atoms with Crippen LogP contribution in [0, 0.1) is 0 Å². The monoisotopic (exact) mass is 336 g/mol. The van der Waals surface area contributed by atoms with Gasteiger partial charge in [0.15, 0.2) is 0 Å². The van der Waals surface area contributed by atoms with Crippen LogP contribution in [-0.2, 0) is 9.59 Å². The minimum atomic E-state index is -4.88. The van der Waals surface area contributed by atoms with Crippen LogP contribution < -0.4 is 0 Å². The zero-order chi connectivity index (χ0) is 17.6. The molecule has 0 radical (unpaired) electrons. The van der Waals surface area contributed by atoms with E-state index in [1.54, 1.807) is 0 Å². The third-order valence-electron chi connectivity index (χ3n) is 3.98. The number of carbonyl (C=O) groups is 2. The number of unbranched alkanes of at least 4 members (excludes halogenated alkanes) is 11. The van der Waals surface area contributed by atoms with E-state index in [1.165, 1.54) is 51.4 Å². The second kappa shape index (κ2) is 13.6. The molecule has 0 aromatic heterocycles. The summed E-state index contributed by atoms with van der Waals surface area (Å²) in [6.45, 7) is 2.21. The van der Waals surface area contributed by atoms with Crippen LogP contribution in [-0.4, -0.2) is 17.7 Å². The topological polar surface area (TPSA) is 34.1 Å².